The Labute approximate surface area is 121 Å². The summed E-state index contributed by atoms with van der Waals surface area (Å²) >= 11 is 0. The molecule has 0 unspecified atom stereocenters. The maximum absolute atomic E-state index is 5.62. The van der Waals surface area contributed by atoms with Crippen molar-refractivity contribution in [3.8, 4) is 0 Å². The summed E-state index contributed by atoms with van der Waals surface area (Å²) in [6, 6.07) is 13.2. The third-order valence-electron chi connectivity index (χ3n) is 4.41. The fourth-order valence-corrected chi connectivity index (χ4v) is 3.04. The number of fused-ring (bicyclic) bond motifs is 1. The molecule has 3 rings (SSSR count). The fraction of sp³-hybridized carbons (Fsp3) is 0.444. The van der Waals surface area contributed by atoms with Crippen LogP contribution in [0.25, 0.3) is 10.8 Å². The van der Waals surface area contributed by atoms with Crippen LogP contribution in [0.3, 0.4) is 0 Å². The van der Waals surface area contributed by atoms with E-state index in [1.165, 1.54) is 21.9 Å². The summed E-state index contributed by atoms with van der Waals surface area (Å²) in [6.07, 6.45) is 0. The van der Waals surface area contributed by atoms with Crippen LogP contribution >= 0.6 is 0 Å². The molecule has 2 aromatic carbocycles. The second-order valence-corrected chi connectivity index (χ2v) is 6.37. The maximum Gasteiger partial charge on any atom is 0.0645 e. The highest BCUT2D eigenvalue weighted by molar-refractivity contribution is 5.88. The summed E-state index contributed by atoms with van der Waals surface area (Å²) in [7, 11) is 0. The molecule has 1 fully saturated rings. The van der Waals surface area contributed by atoms with Gasteiger partial charge in [-0.25, -0.2) is 0 Å². The van der Waals surface area contributed by atoms with E-state index in [1.54, 1.807) is 0 Å². The third-order valence-corrected chi connectivity index (χ3v) is 4.41. The third kappa shape index (κ3) is 2.46. The second-order valence-electron chi connectivity index (χ2n) is 6.37. The van der Waals surface area contributed by atoms with E-state index < -0.39 is 0 Å². The molecule has 0 bridgehead atoms. The van der Waals surface area contributed by atoms with Gasteiger partial charge in [-0.15, -0.1) is 0 Å². The largest absolute Gasteiger partial charge is 0.378 e. The van der Waals surface area contributed by atoms with E-state index in [0.717, 1.165) is 26.3 Å². The Morgan fingerprint density at radius 3 is 2.60 bits per heavy atom. The molecule has 2 aromatic rings. The normalized spacial score (nSPS) is 19.4. The average Bonchev–Trinajstić information content (AvgIpc) is 2.44. The topological polar surface area (TPSA) is 12.5 Å². The van der Waals surface area contributed by atoms with Gasteiger partial charge < -0.3 is 4.74 Å². The number of rotatable bonds is 2. The Hall–Kier alpha value is -1.38. The number of aryl methyl sites for hydroxylation is 1. The van der Waals surface area contributed by atoms with Crippen LogP contribution in [-0.2, 0) is 11.3 Å². The van der Waals surface area contributed by atoms with Crippen molar-refractivity contribution in [1.82, 2.24) is 4.90 Å². The lowest BCUT2D eigenvalue weighted by atomic mass is 9.97. The van der Waals surface area contributed by atoms with Crippen LogP contribution in [0.15, 0.2) is 36.4 Å². The summed E-state index contributed by atoms with van der Waals surface area (Å²) in [5.41, 5.74) is 2.89. The van der Waals surface area contributed by atoms with Crippen LogP contribution < -0.4 is 0 Å². The minimum absolute atomic E-state index is 0.115. The van der Waals surface area contributed by atoms with Crippen molar-refractivity contribution in [1.29, 1.82) is 0 Å². The number of nitrogens with zero attached hydrogens (tertiary/aromatic N) is 1. The minimum atomic E-state index is 0.115. The molecule has 0 radical (unpaired) electrons. The van der Waals surface area contributed by atoms with Gasteiger partial charge in [-0.05, 0) is 42.7 Å². The number of morpholine rings is 1. The van der Waals surface area contributed by atoms with Crippen molar-refractivity contribution in [2.24, 2.45) is 0 Å². The highest BCUT2D eigenvalue weighted by Gasteiger charge is 2.30. The van der Waals surface area contributed by atoms with Gasteiger partial charge in [-0.2, -0.15) is 0 Å². The molecule has 1 aliphatic rings. The zero-order valence-corrected chi connectivity index (χ0v) is 12.6. The van der Waals surface area contributed by atoms with Gasteiger partial charge >= 0.3 is 0 Å². The van der Waals surface area contributed by atoms with Gasteiger partial charge in [-0.3, -0.25) is 4.90 Å². The first-order valence-corrected chi connectivity index (χ1v) is 7.38. The fourth-order valence-electron chi connectivity index (χ4n) is 3.04. The number of hydrogen-bond acceptors (Lipinski definition) is 2. The summed E-state index contributed by atoms with van der Waals surface area (Å²) in [6.45, 7) is 10.4. The van der Waals surface area contributed by atoms with Crippen molar-refractivity contribution in [2.75, 3.05) is 19.8 Å². The van der Waals surface area contributed by atoms with Gasteiger partial charge in [0.2, 0.25) is 0 Å². The summed E-state index contributed by atoms with van der Waals surface area (Å²) in [5.74, 6) is 0. The zero-order valence-electron chi connectivity index (χ0n) is 12.6. The SMILES string of the molecule is Cc1ccc(CN2CCOCC2(C)C)c2ccccc12. The standard InChI is InChI=1S/C18H23NO/c1-14-8-9-15(17-7-5-4-6-16(14)17)12-19-10-11-20-13-18(19,2)3/h4-9H,10-13H2,1-3H3. The van der Waals surface area contributed by atoms with Crippen LogP contribution in [-0.4, -0.2) is 30.2 Å². The van der Waals surface area contributed by atoms with Crippen LogP contribution in [0.5, 0.6) is 0 Å². The zero-order chi connectivity index (χ0) is 14.2. The molecule has 1 saturated heterocycles. The van der Waals surface area contributed by atoms with Crippen LogP contribution in [0.4, 0.5) is 0 Å². The van der Waals surface area contributed by atoms with E-state index in [0.29, 0.717) is 0 Å². The molecule has 20 heavy (non-hydrogen) atoms. The molecule has 106 valence electrons. The molecule has 0 aliphatic carbocycles. The number of benzene rings is 2. The van der Waals surface area contributed by atoms with E-state index in [2.05, 4.69) is 62.1 Å². The highest BCUT2D eigenvalue weighted by Crippen LogP contribution is 2.27. The second kappa shape index (κ2) is 5.19. The molecule has 0 spiro atoms. The molecule has 1 heterocycles. The Kier molecular flexibility index (Phi) is 3.53. The molecular formula is C18H23NO. The first-order chi connectivity index (χ1) is 9.58. The van der Waals surface area contributed by atoms with Gasteiger partial charge in [0.1, 0.15) is 0 Å². The molecule has 0 N–H and O–H groups in total. The predicted octanol–water partition coefficient (Wildman–Crippen LogP) is 3.76. The Bertz CT molecular complexity index is 618. The molecule has 1 aliphatic heterocycles. The van der Waals surface area contributed by atoms with E-state index in [4.69, 9.17) is 4.74 Å². The summed E-state index contributed by atoms with van der Waals surface area (Å²) in [4.78, 5) is 2.54. The number of ether oxygens (including phenoxy) is 1. The van der Waals surface area contributed by atoms with Gasteiger partial charge in [0.15, 0.2) is 0 Å². The van der Waals surface area contributed by atoms with E-state index in [9.17, 15) is 0 Å². The van der Waals surface area contributed by atoms with Crippen molar-refractivity contribution in [2.45, 2.75) is 32.9 Å². The van der Waals surface area contributed by atoms with Crippen molar-refractivity contribution < 1.29 is 4.74 Å². The molecule has 2 nitrogen and oxygen atoms in total. The van der Waals surface area contributed by atoms with Crippen LogP contribution in [0.1, 0.15) is 25.0 Å². The highest BCUT2D eigenvalue weighted by atomic mass is 16.5. The summed E-state index contributed by atoms with van der Waals surface area (Å²) < 4.78 is 5.62. The van der Waals surface area contributed by atoms with E-state index >= 15 is 0 Å². The molecule has 0 saturated carbocycles. The van der Waals surface area contributed by atoms with Gasteiger partial charge in [0.05, 0.1) is 13.2 Å². The Morgan fingerprint density at radius 1 is 1.10 bits per heavy atom. The Morgan fingerprint density at radius 2 is 1.85 bits per heavy atom. The first kappa shape index (κ1) is 13.6. The smallest absolute Gasteiger partial charge is 0.0645 e. The molecule has 0 amide bonds. The quantitative estimate of drug-likeness (QED) is 0.823. The van der Waals surface area contributed by atoms with Crippen molar-refractivity contribution in [3.05, 3.63) is 47.5 Å². The molecule has 2 heteroatoms. The van der Waals surface area contributed by atoms with Crippen LogP contribution in [0.2, 0.25) is 0 Å². The van der Waals surface area contributed by atoms with Crippen molar-refractivity contribution >= 4 is 10.8 Å². The Balaban J connectivity index is 1.97. The molecular weight excluding hydrogens is 246 g/mol. The average molecular weight is 269 g/mol. The summed E-state index contributed by atoms with van der Waals surface area (Å²) in [5, 5.41) is 2.76. The maximum atomic E-state index is 5.62. The van der Waals surface area contributed by atoms with Crippen molar-refractivity contribution in [3.63, 3.8) is 0 Å². The number of hydrogen-bond donors (Lipinski definition) is 0. The van der Waals surface area contributed by atoms with Gasteiger partial charge in [-0.1, -0.05) is 36.4 Å². The van der Waals surface area contributed by atoms with Crippen LogP contribution in [0, 0.1) is 6.92 Å². The predicted molar refractivity (Wildman–Crippen MR) is 84.0 cm³/mol. The molecule has 0 atom stereocenters. The lowest BCUT2D eigenvalue weighted by Gasteiger charge is -2.42. The molecule has 0 aromatic heterocycles. The van der Waals surface area contributed by atoms with Gasteiger partial charge in [0.25, 0.3) is 0 Å². The van der Waals surface area contributed by atoms with Gasteiger partial charge in [0, 0.05) is 18.6 Å². The lowest BCUT2D eigenvalue weighted by Crippen LogP contribution is -2.52. The van der Waals surface area contributed by atoms with E-state index in [1.807, 2.05) is 0 Å². The van der Waals surface area contributed by atoms with E-state index in [-0.39, 0.29) is 5.54 Å². The minimum Gasteiger partial charge on any atom is -0.378 e. The lowest BCUT2D eigenvalue weighted by molar-refractivity contribution is -0.0551. The monoisotopic (exact) mass is 269 g/mol. The first-order valence-electron chi connectivity index (χ1n) is 7.38.